The molecule has 0 saturated carbocycles. The van der Waals surface area contributed by atoms with Gasteiger partial charge in [0.1, 0.15) is 0 Å². The zero-order valence-corrected chi connectivity index (χ0v) is 9.63. The summed E-state index contributed by atoms with van der Waals surface area (Å²) in [5, 5.41) is 2.50. The normalized spacial score (nSPS) is 11.1. The highest BCUT2D eigenvalue weighted by Crippen LogP contribution is 2.31. The molecule has 2 aromatic rings. The topological polar surface area (TPSA) is 15.8 Å². The molecule has 0 fully saturated rings. The summed E-state index contributed by atoms with van der Waals surface area (Å²) in [7, 11) is 0. The summed E-state index contributed by atoms with van der Waals surface area (Å²) in [6, 6.07) is 3.72. The van der Waals surface area contributed by atoms with Crippen molar-refractivity contribution in [2.24, 2.45) is 0 Å². The van der Waals surface area contributed by atoms with Gasteiger partial charge < -0.3 is 4.98 Å². The summed E-state index contributed by atoms with van der Waals surface area (Å²) < 4.78 is 0. The van der Waals surface area contributed by atoms with Gasteiger partial charge in [-0.05, 0) is 31.0 Å². The lowest BCUT2D eigenvalue weighted by Gasteiger charge is -1.96. The smallest absolute Gasteiger partial charge is 0.0662 e. The molecule has 74 valence electrons. The predicted octanol–water partition coefficient (Wildman–Crippen LogP) is 4.35. The number of halogens is 2. The third kappa shape index (κ3) is 1.41. The molecule has 0 unspecified atom stereocenters. The quantitative estimate of drug-likeness (QED) is 0.746. The second kappa shape index (κ2) is 3.48. The molecule has 14 heavy (non-hydrogen) atoms. The minimum atomic E-state index is 0.687. The number of aryl methyl sites for hydroxylation is 2. The third-order valence-corrected chi connectivity index (χ3v) is 3.06. The molecule has 1 nitrogen and oxygen atoms in total. The van der Waals surface area contributed by atoms with Crippen molar-refractivity contribution in [3.05, 3.63) is 33.4 Å². The Morgan fingerprint density at radius 3 is 2.64 bits per heavy atom. The molecular formula is C11H11Cl2N. The van der Waals surface area contributed by atoms with Crippen LogP contribution in [-0.2, 0) is 6.42 Å². The fraction of sp³-hybridized carbons (Fsp3) is 0.273. The van der Waals surface area contributed by atoms with E-state index in [-0.39, 0.29) is 0 Å². The molecule has 0 bridgehead atoms. The van der Waals surface area contributed by atoms with Crippen LogP contribution in [-0.4, -0.2) is 4.98 Å². The molecule has 0 aliphatic heterocycles. The third-order valence-electron chi connectivity index (χ3n) is 2.54. The van der Waals surface area contributed by atoms with Crippen LogP contribution in [0.15, 0.2) is 12.1 Å². The highest BCUT2D eigenvalue weighted by atomic mass is 35.5. The van der Waals surface area contributed by atoms with Crippen molar-refractivity contribution < 1.29 is 0 Å². The number of hydrogen-bond donors (Lipinski definition) is 1. The number of nitrogens with one attached hydrogen (secondary N) is 1. The van der Waals surface area contributed by atoms with E-state index in [1.54, 1.807) is 6.07 Å². The Labute approximate surface area is 93.0 Å². The SMILES string of the molecule is CCc1[nH]c2c(Cl)cc(Cl)cc2c1C. The predicted molar refractivity (Wildman–Crippen MR) is 62.4 cm³/mol. The Bertz CT molecular complexity index is 485. The van der Waals surface area contributed by atoms with Crippen LogP contribution in [0.1, 0.15) is 18.2 Å². The van der Waals surface area contributed by atoms with E-state index >= 15 is 0 Å². The van der Waals surface area contributed by atoms with Crippen molar-refractivity contribution in [3.63, 3.8) is 0 Å². The van der Waals surface area contributed by atoms with Gasteiger partial charge in [0.15, 0.2) is 0 Å². The average molecular weight is 228 g/mol. The summed E-state index contributed by atoms with van der Waals surface area (Å²) in [5.74, 6) is 0. The summed E-state index contributed by atoms with van der Waals surface area (Å²) >= 11 is 12.0. The summed E-state index contributed by atoms with van der Waals surface area (Å²) in [5.41, 5.74) is 3.46. The molecule has 1 aromatic heterocycles. The zero-order valence-electron chi connectivity index (χ0n) is 8.12. The Morgan fingerprint density at radius 1 is 1.29 bits per heavy atom. The molecular weight excluding hydrogens is 217 g/mol. The van der Waals surface area contributed by atoms with Gasteiger partial charge in [-0.2, -0.15) is 0 Å². The van der Waals surface area contributed by atoms with Crippen LogP contribution >= 0.6 is 23.2 Å². The van der Waals surface area contributed by atoms with Crippen LogP contribution in [0, 0.1) is 6.92 Å². The minimum absolute atomic E-state index is 0.687. The molecule has 0 saturated heterocycles. The standard InChI is InChI=1S/C11H11Cl2N/c1-3-10-6(2)8-4-7(12)5-9(13)11(8)14-10/h4-5,14H,3H2,1-2H3. The van der Waals surface area contributed by atoms with E-state index < -0.39 is 0 Å². The molecule has 0 atom stereocenters. The van der Waals surface area contributed by atoms with E-state index in [1.807, 2.05) is 6.07 Å². The van der Waals surface area contributed by atoms with Gasteiger partial charge in [-0.15, -0.1) is 0 Å². The maximum atomic E-state index is 6.09. The molecule has 0 amide bonds. The van der Waals surface area contributed by atoms with E-state index in [0.717, 1.165) is 17.3 Å². The number of fused-ring (bicyclic) bond motifs is 1. The lowest BCUT2D eigenvalue weighted by Crippen LogP contribution is -1.80. The van der Waals surface area contributed by atoms with Crippen LogP contribution in [0.4, 0.5) is 0 Å². The van der Waals surface area contributed by atoms with Crippen LogP contribution in [0.2, 0.25) is 10.0 Å². The van der Waals surface area contributed by atoms with E-state index in [1.165, 1.54) is 11.3 Å². The highest BCUT2D eigenvalue weighted by molar-refractivity contribution is 6.38. The van der Waals surface area contributed by atoms with Gasteiger partial charge >= 0.3 is 0 Å². The Morgan fingerprint density at radius 2 is 2.00 bits per heavy atom. The molecule has 1 aromatic carbocycles. The first kappa shape index (κ1) is 9.88. The van der Waals surface area contributed by atoms with Gasteiger partial charge in [-0.3, -0.25) is 0 Å². The number of H-pyrrole nitrogens is 1. The van der Waals surface area contributed by atoms with E-state index in [0.29, 0.717) is 10.0 Å². The van der Waals surface area contributed by atoms with Gasteiger partial charge in [-0.25, -0.2) is 0 Å². The van der Waals surface area contributed by atoms with Crippen molar-refractivity contribution in [2.75, 3.05) is 0 Å². The van der Waals surface area contributed by atoms with E-state index in [9.17, 15) is 0 Å². The summed E-state index contributed by atoms with van der Waals surface area (Å²) in [6.45, 7) is 4.21. The lowest BCUT2D eigenvalue weighted by atomic mass is 10.1. The van der Waals surface area contributed by atoms with Crippen LogP contribution in [0.5, 0.6) is 0 Å². The molecule has 2 rings (SSSR count). The fourth-order valence-electron chi connectivity index (χ4n) is 1.76. The molecule has 0 aliphatic rings. The van der Waals surface area contributed by atoms with Crippen molar-refractivity contribution in [3.8, 4) is 0 Å². The summed E-state index contributed by atoms with van der Waals surface area (Å²) in [4.78, 5) is 3.32. The number of benzene rings is 1. The van der Waals surface area contributed by atoms with E-state index in [2.05, 4.69) is 18.8 Å². The number of hydrogen-bond acceptors (Lipinski definition) is 0. The summed E-state index contributed by atoms with van der Waals surface area (Å²) in [6.07, 6.45) is 0.981. The second-order valence-corrected chi connectivity index (χ2v) is 4.24. The zero-order chi connectivity index (χ0) is 10.3. The highest BCUT2D eigenvalue weighted by Gasteiger charge is 2.09. The number of aromatic amines is 1. The van der Waals surface area contributed by atoms with Crippen LogP contribution < -0.4 is 0 Å². The minimum Gasteiger partial charge on any atom is -0.357 e. The van der Waals surface area contributed by atoms with Gasteiger partial charge in [0.25, 0.3) is 0 Å². The molecule has 1 N–H and O–H groups in total. The average Bonchev–Trinajstić information content (AvgIpc) is 2.44. The van der Waals surface area contributed by atoms with Crippen molar-refractivity contribution >= 4 is 34.1 Å². The van der Waals surface area contributed by atoms with Crippen molar-refractivity contribution in [2.45, 2.75) is 20.3 Å². The number of aromatic nitrogens is 1. The molecule has 0 aliphatic carbocycles. The first-order valence-corrected chi connectivity index (χ1v) is 5.35. The fourth-order valence-corrected chi connectivity index (χ4v) is 2.30. The van der Waals surface area contributed by atoms with Crippen LogP contribution in [0.25, 0.3) is 10.9 Å². The maximum absolute atomic E-state index is 6.09. The Hall–Kier alpha value is -0.660. The van der Waals surface area contributed by atoms with Crippen LogP contribution in [0.3, 0.4) is 0 Å². The van der Waals surface area contributed by atoms with Gasteiger partial charge in [0.2, 0.25) is 0 Å². The molecule has 3 heteroatoms. The molecule has 0 spiro atoms. The number of rotatable bonds is 1. The van der Waals surface area contributed by atoms with Crippen molar-refractivity contribution in [1.82, 2.24) is 4.98 Å². The first-order valence-electron chi connectivity index (χ1n) is 4.59. The molecule has 1 heterocycles. The second-order valence-electron chi connectivity index (χ2n) is 3.39. The van der Waals surface area contributed by atoms with Crippen molar-refractivity contribution in [1.29, 1.82) is 0 Å². The molecule has 0 radical (unpaired) electrons. The van der Waals surface area contributed by atoms with Gasteiger partial charge in [-0.1, -0.05) is 30.1 Å². The Kier molecular flexibility index (Phi) is 2.46. The lowest BCUT2D eigenvalue weighted by molar-refractivity contribution is 1.05. The monoisotopic (exact) mass is 227 g/mol. The Balaban J connectivity index is 2.85. The first-order chi connectivity index (χ1) is 6.63. The van der Waals surface area contributed by atoms with E-state index in [4.69, 9.17) is 23.2 Å². The maximum Gasteiger partial charge on any atom is 0.0662 e. The van der Waals surface area contributed by atoms with Gasteiger partial charge in [0.05, 0.1) is 10.5 Å². The largest absolute Gasteiger partial charge is 0.357 e. The van der Waals surface area contributed by atoms with Gasteiger partial charge in [0, 0.05) is 16.1 Å².